The smallest absolute Gasteiger partial charge is 0.0499 e. The van der Waals surface area contributed by atoms with Crippen LogP contribution >= 0.6 is 0 Å². The SMILES string of the molecule is CC1CN(C2(CN)CCN3CCCCC32)CC1N(C)C. The summed E-state index contributed by atoms with van der Waals surface area (Å²) in [7, 11) is 4.45. The van der Waals surface area contributed by atoms with Crippen LogP contribution in [0.5, 0.6) is 0 Å². The van der Waals surface area contributed by atoms with Crippen molar-refractivity contribution in [2.24, 2.45) is 11.7 Å². The molecule has 20 heavy (non-hydrogen) atoms. The van der Waals surface area contributed by atoms with Crippen molar-refractivity contribution in [3.8, 4) is 0 Å². The lowest BCUT2D eigenvalue weighted by Gasteiger charge is -2.46. The molecule has 0 aromatic rings. The predicted octanol–water partition coefficient (Wildman–Crippen LogP) is 0.824. The number of likely N-dealkylation sites (N-methyl/N-ethyl adjacent to an activating group) is 1. The molecule has 3 heterocycles. The minimum Gasteiger partial charge on any atom is -0.329 e. The molecular formula is C16H32N4. The van der Waals surface area contributed by atoms with Gasteiger partial charge in [-0.25, -0.2) is 0 Å². The molecule has 2 N–H and O–H groups in total. The highest BCUT2D eigenvalue weighted by Crippen LogP contribution is 2.41. The van der Waals surface area contributed by atoms with E-state index in [9.17, 15) is 0 Å². The van der Waals surface area contributed by atoms with Crippen LogP contribution in [0.15, 0.2) is 0 Å². The third-order valence-electron chi connectivity index (χ3n) is 6.29. The molecule has 0 radical (unpaired) electrons. The third kappa shape index (κ3) is 2.21. The first-order valence-corrected chi connectivity index (χ1v) is 8.44. The maximum Gasteiger partial charge on any atom is 0.0499 e. The van der Waals surface area contributed by atoms with E-state index < -0.39 is 0 Å². The molecule has 0 aliphatic carbocycles. The van der Waals surface area contributed by atoms with Crippen molar-refractivity contribution in [2.75, 3.05) is 46.8 Å². The molecule has 0 amide bonds. The summed E-state index contributed by atoms with van der Waals surface area (Å²) in [5.41, 5.74) is 6.60. The van der Waals surface area contributed by atoms with Crippen molar-refractivity contribution in [3.05, 3.63) is 0 Å². The summed E-state index contributed by atoms with van der Waals surface area (Å²) in [6, 6.07) is 1.41. The van der Waals surface area contributed by atoms with E-state index in [1.165, 1.54) is 51.9 Å². The second-order valence-electron chi connectivity index (χ2n) is 7.52. The van der Waals surface area contributed by atoms with E-state index in [1.54, 1.807) is 0 Å². The molecular weight excluding hydrogens is 248 g/mol. The molecule has 0 aromatic carbocycles. The molecule has 4 atom stereocenters. The lowest BCUT2D eigenvalue weighted by Crippen LogP contribution is -2.61. The summed E-state index contributed by atoms with van der Waals surface area (Å²) < 4.78 is 0. The Morgan fingerprint density at radius 2 is 2.00 bits per heavy atom. The molecule has 3 fully saturated rings. The maximum absolute atomic E-state index is 6.34. The highest BCUT2D eigenvalue weighted by atomic mass is 15.4. The fourth-order valence-electron chi connectivity index (χ4n) is 5.09. The second-order valence-corrected chi connectivity index (χ2v) is 7.52. The quantitative estimate of drug-likeness (QED) is 0.830. The van der Waals surface area contributed by atoms with Crippen molar-refractivity contribution < 1.29 is 0 Å². The number of piperidine rings is 1. The molecule has 0 aromatic heterocycles. The summed E-state index contributed by atoms with van der Waals surface area (Å²) >= 11 is 0. The molecule has 3 rings (SSSR count). The summed E-state index contributed by atoms with van der Waals surface area (Å²) in [6.45, 7) is 8.23. The summed E-state index contributed by atoms with van der Waals surface area (Å²) in [5.74, 6) is 0.756. The Kier molecular flexibility index (Phi) is 4.10. The van der Waals surface area contributed by atoms with Crippen LogP contribution in [0.25, 0.3) is 0 Å². The summed E-state index contributed by atoms with van der Waals surface area (Å²) in [4.78, 5) is 7.89. The van der Waals surface area contributed by atoms with Crippen molar-refractivity contribution in [1.82, 2.24) is 14.7 Å². The van der Waals surface area contributed by atoms with Gasteiger partial charge >= 0.3 is 0 Å². The second kappa shape index (κ2) is 5.56. The van der Waals surface area contributed by atoms with Crippen molar-refractivity contribution >= 4 is 0 Å². The van der Waals surface area contributed by atoms with E-state index >= 15 is 0 Å². The van der Waals surface area contributed by atoms with Gasteiger partial charge in [-0.3, -0.25) is 9.80 Å². The highest BCUT2D eigenvalue weighted by Gasteiger charge is 2.53. The molecule has 3 aliphatic heterocycles. The molecule has 0 saturated carbocycles. The van der Waals surface area contributed by atoms with Gasteiger partial charge in [0, 0.05) is 43.8 Å². The van der Waals surface area contributed by atoms with Crippen LogP contribution < -0.4 is 5.73 Å². The van der Waals surface area contributed by atoms with Crippen molar-refractivity contribution in [1.29, 1.82) is 0 Å². The number of hydrogen-bond donors (Lipinski definition) is 1. The molecule has 3 saturated heterocycles. The minimum absolute atomic E-state index is 0.263. The molecule has 4 unspecified atom stereocenters. The zero-order chi connectivity index (χ0) is 14.3. The topological polar surface area (TPSA) is 35.7 Å². The van der Waals surface area contributed by atoms with Crippen molar-refractivity contribution in [2.45, 2.75) is 50.2 Å². The van der Waals surface area contributed by atoms with Gasteiger partial charge in [0.15, 0.2) is 0 Å². The highest BCUT2D eigenvalue weighted by molar-refractivity contribution is 5.11. The number of nitrogens with zero attached hydrogens (tertiary/aromatic N) is 3. The monoisotopic (exact) mass is 280 g/mol. The Morgan fingerprint density at radius 1 is 1.20 bits per heavy atom. The van der Waals surface area contributed by atoms with Crippen LogP contribution in [0.3, 0.4) is 0 Å². The number of fused-ring (bicyclic) bond motifs is 1. The van der Waals surface area contributed by atoms with Gasteiger partial charge in [0.2, 0.25) is 0 Å². The average Bonchev–Trinajstić information content (AvgIpc) is 3.00. The fourth-order valence-corrected chi connectivity index (χ4v) is 5.09. The van der Waals surface area contributed by atoms with Crippen molar-refractivity contribution in [3.63, 3.8) is 0 Å². The van der Waals surface area contributed by atoms with E-state index in [-0.39, 0.29) is 5.54 Å². The maximum atomic E-state index is 6.34. The summed E-state index contributed by atoms with van der Waals surface area (Å²) in [6.07, 6.45) is 5.41. The lowest BCUT2D eigenvalue weighted by molar-refractivity contribution is 0.0495. The Balaban J connectivity index is 1.80. The van der Waals surface area contributed by atoms with Gasteiger partial charge < -0.3 is 10.6 Å². The standard InChI is InChI=1S/C16H32N4/c1-13-10-20(11-14(13)18(2)3)16(12-17)7-9-19-8-5-4-6-15(16)19/h13-15H,4-12,17H2,1-3H3. The first kappa shape index (κ1) is 14.8. The predicted molar refractivity (Wildman–Crippen MR) is 83.8 cm³/mol. The largest absolute Gasteiger partial charge is 0.329 e. The number of rotatable bonds is 3. The third-order valence-corrected chi connectivity index (χ3v) is 6.29. The lowest BCUT2D eigenvalue weighted by atomic mass is 9.84. The van der Waals surface area contributed by atoms with Gasteiger partial charge in [-0.05, 0) is 45.8 Å². The Labute approximate surface area is 124 Å². The van der Waals surface area contributed by atoms with E-state index in [4.69, 9.17) is 5.73 Å². The normalized spacial score (nSPS) is 43.4. The number of likely N-dealkylation sites (tertiary alicyclic amines) is 1. The van der Waals surface area contributed by atoms with Crippen LogP contribution in [0, 0.1) is 5.92 Å². The minimum atomic E-state index is 0.263. The van der Waals surface area contributed by atoms with Gasteiger partial charge in [-0.1, -0.05) is 13.3 Å². The molecule has 116 valence electrons. The molecule has 0 spiro atoms. The van der Waals surface area contributed by atoms with Gasteiger partial charge in [0.1, 0.15) is 0 Å². The summed E-state index contributed by atoms with van der Waals surface area (Å²) in [5, 5.41) is 0. The Bertz CT molecular complexity index is 345. The first-order chi connectivity index (χ1) is 9.58. The van der Waals surface area contributed by atoms with E-state index in [0.29, 0.717) is 6.04 Å². The molecule has 4 heteroatoms. The van der Waals surface area contributed by atoms with E-state index in [1.807, 2.05) is 0 Å². The zero-order valence-electron chi connectivity index (χ0n) is 13.5. The van der Waals surface area contributed by atoms with Gasteiger partial charge in [0.05, 0.1) is 0 Å². The first-order valence-electron chi connectivity index (χ1n) is 8.44. The molecule has 0 bridgehead atoms. The Morgan fingerprint density at radius 3 is 2.65 bits per heavy atom. The van der Waals surface area contributed by atoms with Crippen LogP contribution in [-0.2, 0) is 0 Å². The van der Waals surface area contributed by atoms with Crippen LogP contribution in [-0.4, -0.2) is 79.1 Å². The van der Waals surface area contributed by atoms with Crippen LogP contribution in [0.4, 0.5) is 0 Å². The number of hydrogen-bond acceptors (Lipinski definition) is 4. The van der Waals surface area contributed by atoms with E-state index in [2.05, 4.69) is 35.7 Å². The van der Waals surface area contributed by atoms with Crippen LogP contribution in [0.1, 0.15) is 32.6 Å². The Hall–Kier alpha value is -0.160. The van der Waals surface area contributed by atoms with E-state index in [0.717, 1.165) is 18.5 Å². The molecule has 4 nitrogen and oxygen atoms in total. The molecule has 3 aliphatic rings. The zero-order valence-corrected chi connectivity index (χ0v) is 13.5. The van der Waals surface area contributed by atoms with Gasteiger partial charge in [-0.2, -0.15) is 0 Å². The fraction of sp³-hybridized carbons (Fsp3) is 1.00. The van der Waals surface area contributed by atoms with Gasteiger partial charge in [0.25, 0.3) is 0 Å². The van der Waals surface area contributed by atoms with Gasteiger partial charge in [-0.15, -0.1) is 0 Å². The average molecular weight is 280 g/mol. The van der Waals surface area contributed by atoms with Crippen LogP contribution in [0.2, 0.25) is 0 Å². The number of nitrogens with two attached hydrogens (primary N) is 1.